The van der Waals surface area contributed by atoms with Crippen LogP contribution in [0.15, 0.2) is 11.5 Å². The van der Waals surface area contributed by atoms with Crippen LogP contribution in [-0.2, 0) is 9.59 Å². The van der Waals surface area contributed by atoms with E-state index in [-0.39, 0.29) is 12.5 Å². The average Bonchev–Trinajstić information content (AvgIpc) is 2.71. The first-order chi connectivity index (χ1) is 8.40. The van der Waals surface area contributed by atoms with Gasteiger partial charge in [-0.1, -0.05) is 6.92 Å². The minimum atomic E-state index is -0.909. The number of likely N-dealkylation sites (N-methyl/N-ethyl adjacent to an activating group) is 1. The molecule has 1 atom stereocenters. The molecule has 1 rings (SSSR count). The lowest BCUT2D eigenvalue weighted by Gasteiger charge is -2.17. The summed E-state index contributed by atoms with van der Waals surface area (Å²) < 4.78 is 0. The number of carbonyl (C=O) groups excluding carboxylic acids is 1. The van der Waals surface area contributed by atoms with Gasteiger partial charge >= 0.3 is 5.97 Å². The Hall–Kier alpha value is -1.69. The smallest absolute Gasteiger partial charge is 0.308 e. The van der Waals surface area contributed by atoms with E-state index in [2.05, 4.69) is 4.98 Å². The second-order valence-corrected chi connectivity index (χ2v) is 5.14. The summed E-state index contributed by atoms with van der Waals surface area (Å²) in [6.45, 7) is 3.65. The summed E-state index contributed by atoms with van der Waals surface area (Å²) in [4.78, 5) is 28.0. The van der Waals surface area contributed by atoms with Gasteiger partial charge in [-0.15, -0.1) is 11.3 Å². The predicted octanol–water partition coefficient (Wildman–Crippen LogP) is 1.64. The van der Waals surface area contributed by atoms with E-state index in [0.717, 1.165) is 10.7 Å². The summed E-state index contributed by atoms with van der Waals surface area (Å²) in [6.07, 6.45) is 3.04. The van der Waals surface area contributed by atoms with Gasteiger partial charge in [-0.05, 0) is 13.0 Å². The fourth-order valence-corrected chi connectivity index (χ4v) is 1.90. The number of aromatic nitrogens is 1. The van der Waals surface area contributed by atoms with Crippen molar-refractivity contribution in [3.05, 3.63) is 22.2 Å². The van der Waals surface area contributed by atoms with Gasteiger partial charge in [0, 0.05) is 25.0 Å². The highest BCUT2D eigenvalue weighted by Gasteiger charge is 2.15. The summed E-state index contributed by atoms with van der Waals surface area (Å²) in [7, 11) is 1.58. The number of thiazole rings is 1. The summed E-state index contributed by atoms with van der Waals surface area (Å²) in [5, 5.41) is 11.6. The molecule has 0 bridgehead atoms. The first-order valence-corrected chi connectivity index (χ1v) is 6.36. The second-order valence-electron chi connectivity index (χ2n) is 4.08. The number of carboxylic acid groups (broad SMARTS) is 1. The maximum Gasteiger partial charge on any atom is 0.308 e. The number of nitrogens with zero attached hydrogens (tertiary/aromatic N) is 2. The second kappa shape index (κ2) is 6.30. The molecule has 98 valence electrons. The molecular formula is C12H16N2O3S. The zero-order chi connectivity index (χ0) is 13.7. The Labute approximate surface area is 110 Å². The van der Waals surface area contributed by atoms with Crippen molar-refractivity contribution >= 4 is 29.3 Å². The van der Waals surface area contributed by atoms with Gasteiger partial charge in [0.15, 0.2) is 0 Å². The Kier molecular flexibility index (Phi) is 5.03. The van der Waals surface area contributed by atoms with E-state index in [1.165, 1.54) is 22.3 Å². The molecule has 1 unspecified atom stereocenters. The average molecular weight is 268 g/mol. The maximum absolute atomic E-state index is 11.7. The Bertz CT molecular complexity index is 468. The first kappa shape index (κ1) is 14.4. The number of hydrogen-bond acceptors (Lipinski definition) is 4. The molecule has 1 heterocycles. The number of amides is 1. The molecule has 0 aliphatic carbocycles. The van der Waals surface area contributed by atoms with Crippen LogP contribution in [0.1, 0.15) is 17.6 Å². The van der Waals surface area contributed by atoms with E-state index in [1.54, 1.807) is 20.0 Å². The zero-order valence-corrected chi connectivity index (χ0v) is 11.4. The number of aryl methyl sites for hydroxylation is 1. The van der Waals surface area contributed by atoms with Crippen LogP contribution in [0, 0.1) is 12.8 Å². The molecule has 5 nitrogen and oxygen atoms in total. The summed E-state index contributed by atoms with van der Waals surface area (Å²) >= 11 is 1.51. The molecule has 0 saturated heterocycles. The quantitative estimate of drug-likeness (QED) is 0.824. The fraction of sp³-hybridized carbons (Fsp3) is 0.417. The third-order valence-electron chi connectivity index (χ3n) is 2.38. The number of aliphatic carboxylic acids is 1. The SMILES string of the molecule is Cc1nc(/C=C/C(=O)N(C)CC(C)C(=O)O)cs1. The lowest BCUT2D eigenvalue weighted by Crippen LogP contribution is -2.32. The summed E-state index contributed by atoms with van der Waals surface area (Å²) in [5.74, 6) is -1.71. The van der Waals surface area contributed by atoms with Crippen molar-refractivity contribution < 1.29 is 14.7 Å². The van der Waals surface area contributed by atoms with Gasteiger partial charge in [0.2, 0.25) is 5.91 Å². The molecule has 1 aromatic rings. The molecule has 0 fully saturated rings. The van der Waals surface area contributed by atoms with Crippen LogP contribution in [-0.4, -0.2) is 40.5 Å². The van der Waals surface area contributed by atoms with E-state index in [1.807, 2.05) is 12.3 Å². The zero-order valence-electron chi connectivity index (χ0n) is 10.6. The van der Waals surface area contributed by atoms with Gasteiger partial charge in [0.25, 0.3) is 0 Å². The molecule has 6 heteroatoms. The van der Waals surface area contributed by atoms with Crippen LogP contribution >= 0.6 is 11.3 Å². The molecule has 1 amide bonds. The Morgan fingerprint density at radius 3 is 2.78 bits per heavy atom. The van der Waals surface area contributed by atoms with Crippen molar-refractivity contribution in [3.8, 4) is 0 Å². The van der Waals surface area contributed by atoms with E-state index in [0.29, 0.717) is 0 Å². The van der Waals surface area contributed by atoms with Gasteiger partial charge in [-0.2, -0.15) is 0 Å². The van der Waals surface area contributed by atoms with Gasteiger partial charge in [-0.3, -0.25) is 9.59 Å². The van der Waals surface area contributed by atoms with Crippen LogP contribution < -0.4 is 0 Å². The van der Waals surface area contributed by atoms with Gasteiger partial charge in [0.1, 0.15) is 0 Å². The number of carbonyl (C=O) groups is 2. The highest BCUT2D eigenvalue weighted by Crippen LogP contribution is 2.09. The standard InChI is InChI=1S/C12H16N2O3S/c1-8(12(16)17)6-14(3)11(15)5-4-10-7-18-9(2)13-10/h4-5,7-8H,6H2,1-3H3,(H,16,17)/b5-4+. The molecule has 1 aromatic heterocycles. The van der Waals surface area contributed by atoms with E-state index >= 15 is 0 Å². The minimum Gasteiger partial charge on any atom is -0.481 e. The van der Waals surface area contributed by atoms with Crippen LogP contribution in [0.3, 0.4) is 0 Å². The highest BCUT2D eigenvalue weighted by atomic mass is 32.1. The first-order valence-electron chi connectivity index (χ1n) is 5.48. The van der Waals surface area contributed by atoms with E-state index in [9.17, 15) is 9.59 Å². The largest absolute Gasteiger partial charge is 0.481 e. The van der Waals surface area contributed by atoms with Crippen LogP contribution in [0.25, 0.3) is 6.08 Å². The van der Waals surface area contributed by atoms with Gasteiger partial charge in [-0.25, -0.2) is 4.98 Å². The van der Waals surface area contributed by atoms with Crippen molar-refractivity contribution in [1.29, 1.82) is 0 Å². The normalized spacial score (nSPS) is 12.6. The topological polar surface area (TPSA) is 70.5 Å². The predicted molar refractivity (Wildman–Crippen MR) is 70.3 cm³/mol. The molecule has 18 heavy (non-hydrogen) atoms. The van der Waals surface area contributed by atoms with Gasteiger partial charge in [0.05, 0.1) is 16.6 Å². The van der Waals surface area contributed by atoms with Crippen LogP contribution in [0.5, 0.6) is 0 Å². The highest BCUT2D eigenvalue weighted by molar-refractivity contribution is 7.09. The Balaban J connectivity index is 2.54. The number of carboxylic acids is 1. The summed E-state index contributed by atoms with van der Waals surface area (Å²) in [5.41, 5.74) is 0.741. The molecule has 0 spiro atoms. The maximum atomic E-state index is 11.7. The third kappa shape index (κ3) is 4.29. The molecule has 0 saturated carbocycles. The molecular weight excluding hydrogens is 252 g/mol. The van der Waals surface area contributed by atoms with Crippen LogP contribution in [0.2, 0.25) is 0 Å². The van der Waals surface area contributed by atoms with Crippen molar-refractivity contribution in [2.75, 3.05) is 13.6 Å². The third-order valence-corrected chi connectivity index (χ3v) is 3.17. The van der Waals surface area contributed by atoms with Gasteiger partial charge < -0.3 is 10.0 Å². The lowest BCUT2D eigenvalue weighted by molar-refractivity contribution is -0.142. The van der Waals surface area contributed by atoms with Crippen molar-refractivity contribution in [2.24, 2.45) is 5.92 Å². The van der Waals surface area contributed by atoms with Crippen LogP contribution in [0.4, 0.5) is 0 Å². The van der Waals surface area contributed by atoms with Crippen molar-refractivity contribution in [1.82, 2.24) is 9.88 Å². The Morgan fingerprint density at radius 1 is 1.61 bits per heavy atom. The fourth-order valence-electron chi connectivity index (χ4n) is 1.32. The molecule has 1 N–H and O–H groups in total. The summed E-state index contributed by atoms with van der Waals surface area (Å²) in [6, 6.07) is 0. The molecule has 0 aliphatic rings. The molecule has 0 aromatic carbocycles. The van der Waals surface area contributed by atoms with E-state index in [4.69, 9.17) is 5.11 Å². The number of rotatable bonds is 5. The monoisotopic (exact) mass is 268 g/mol. The molecule has 0 radical (unpaired) electrons. The minimum absolute atomic E-state index is 0.189. The number of hydrogen-bond donors (Lipinski definition) is 1. The van der Waals surface area contributed by atoms with Crippen molar-refractivity contribution in [3.63, 3.8) is 0 Å². The van der Waals surface area contributed by atoms with E-state index < -0.39 is 11.9 Å². The van der Waals surface area contributed by atoms with Crippen molar-refractivity contribution in [2.45, 2.75) is 13.8 Å². The molecule has 0 aliphatic heterocycles. The Morgan fingerprint density at radius 2 is 2.28 bits per heavy atom. The lowest BCUT2D eigenvalue weighted by atomic mass is 10.2.